The number of nitrogens with two attached hydrogens (primary N) is 2. The summed E-state index contributed by atoms with van der Waals surface area (Å²) < 4.78 is 0. The number of hydrogen-bond acceptors (Lipinski definition) is 9. The Morgan fingerprint density at radius 3 is 2.37 bits per heavy atom. The highest BCUT2D eigenvalue weighted by atomic mass is 16.3. The van der Waals surface area contributed by atoms with Gasteiger partial charge < -0.3 is 26.6 Å². The van der Waals surface area contributed by atoms with Gasteiger partial charge in [0.2, 0.25) is 5.91 Å². The van der Waals surface area contributed by atoms with E-state index in [-0.39, 0.29) is 30.1 Å². The monoisotopic (exact) mass is 525 g/mol. The molecule has 1 aliphatic heterocycles. The average molecular weight is 526 g/mol. The number of nitrogens with zero attached hydrogens (tertiary/aromatic N) is 3. The Balaban J connectivity index is 1.60. The predicted octanol–water partition coefficient (Wildman–Crippen LogP) is -1.09. The Kier molecular flexibility index (Phi) is 6.14. The number of ketones is 4. The first kappa shape index (κ1) is 26.0. The molecule has 0 radical (unpaired) electrons. The molecule has 0 aromatic heterocycles. The van der Waals surface area contributed by atoms with Crippen molar-refractivity contribution in [2.24, 2.45) is 40.1 Å². The normalized spacial score (nSPS) is 33.3. The number of aromatic hydroxyl groups is 1. The van der Waals surface area contributed by atoms with Gasteiger partial charge in [0.15, 0.2) is 40.6 Å². The molecule has 0 spiro atoms. The summed E-state index contributed by atoms with van der Waals surface area (Å²) in [5, 5.41) is 22.2. The number of primary amides is 1. The number of likely N-dealkylation sites (tertiary alicyclic amines) is 1. The summed E-state index contributed by atoms with van der Waals surface area (Å²) in [5.74, 6) is -10.5. The van der Waals surface area contributed by atoms with Crippen LogP contribution in [0.5, 0.6) is 5.75 Å². The number of carbonyl (C=O) groups excluding carboxylic acids is 5. The van der Waals surface area contributed by atoms with Gasteiger partial charge >= 0.3 is 0 Å². The number of hydrogen-bond donors (Lipinski definition) is 4. The zero-order chi connectivity index (χ0) is 27.7. The second-order valence-corrected chi connectivity index (χ2v) is 10.9. The SMILES string of the molecule is CN(C)[C@@H]1C(=O)C(C(N)=O)C(=O)[C@@]2(O)C(=O)C3C(=O)c4c(O)ccc(N=C(N)N5CCCC5)c4C[C@H]3C[C@@H]12. The average Bonchev–Trinajstić information content (AvgIpc) is 3.38. The molecule has 6 N–H and O–H groups in total. The van der Waals surface area contributed by atoms with Crippen LogP contribution in [-0.4, -0.2) is 93.8 Å². The first-order valence-electron chi connectivity index (χ1n) is 12.7. The molecule has 38 heavy (non-hydrogen) atoms. The van der Waals surface area contributed by atoms with E-state index >= 15 is 0 Å². The molecule has 12 heteroatoms. The van der Waals surface area contributed by atoms with Crippen LogP contribution in [0, 0.1) is 23.7 Å². The Labute approximate surface area is 218 Å². The second-order valence-electron chi connectivity index (χ2n) is 10.9. The first-order valence-corrected chi connectivity index (χ1v) is 12.7. The molecule has 2 unspecified atom stereocenters. The van der Waals surface area contributed by atoms with Crippen molar-refractivity contribution in [1.29, 1.82) is 0 Å². The summed E-state index contributed by atoms with van der Waals surface area (Å²) in [4.78, 5) is 74.0. The summed E-state index contributed by atoms with van der Waals surface area (Å²) in [6.07, 6.45) is 2.08. The van der Waals surface area contributed by atoms with Gasteiger partial charge in [0, 0.05) is 19.0 Å². The molecular weight excluding hydrogens is 494 g/mol. The fourth-order valence-corrected chi connectivity index (χ4v) is 6.83. The molecule has 1 heterocycles. The molecule has 1 saturated heterocycles. The highest BCUT2D eigenvalue weighted by Crippen LogP contribution is 2.51. The Morgan fingerprint density at radius 2 is 1.76 bits per heavy atom. The summed E-state index contributed by atoms with van der Waals surface area (Å²) in [7, 11) is 3.08. The molecule has 2 saturated carbocycles. The van der Waals surface area contributed by atoms with Crippen LogP contribution in [0.25, 0.3) is 0 Å². The lowest BCUT2D eigenvalue weighted by atomic mass is 9.52. The lowest BCUT2D eigenvalue weighted by Crippen LogP contribution is -2.74. The molecule has 1 aromatic carbocycles. The lowest BCUT2D eigenvalue weighted by Gasteiger charge is -2.52. The van der Waals surface area contributed by atoms with Crippen LogP contribution >= 0.6 is 0 Å². The minimum atomic E-state index is -2.75. The van der Waals surface area contributed by atoms with E-state index in [1.165, 1.54) is 11.0 Å². The van der Waals surface area contributed by atoms with E-state index < -0.39 is 64.4 Å². The van der Waals surface area contributed by atoms with E-state index in [2.05, 4.69) is 4.99 Å². The van der Waals surface area contributed by atoms with E-state index in [0.29, 0.717) is 11.3 Å². The minimum Gasteiger partial charge on any atom is -0.507 e. The standard InChI is InChI=1S/C26H31N5O7/c1-30(2)19-13-10-11-9-12-14(29-25(28)31-7-3-4-8-31)5-6-15(32)17(12)20(33)16(11)22(35)26(13,38)23(36)18(21(19)34)24(27)37/h5-6,11,13,16,18-19,32,38H,3-4,7-10H2,1-2H3,(H2,27,37)(H2,28,29)/t11-,13-,16?,18?,19-,26-/m0/s1. The number of rotatable bonds is 3. The van der Waals surface area contributed by atoms with Gasteiger partial charge in [-0.3, -0.25) is 28.9 Å². The van der Waals surface area contributed by atoms with Crippen LogP contribution in [0.1, 0.15) is 35.2 Å². The molecular formula is C26H31N5O7. The fourth-order valence-electron chi connectivity index (χ4n) is 6.83. The summed E-state index contributed by atoms with van der Waals surface area (Å²) >= 11 is 0. The van der Waals surface area contributed by atoms with Crippen molar-refractivity contribution in [3.05, 3.63) is 23.3 Å². The van der Waals surface area contributed by atoms with Crippen molar-refractivity contribution < 1.29 is 34.2 Å². The van der Waals surface area contributed by atoms with Crippen LogP contribution in [0.3, 0.4) is 0 Å². The molecule has 1 amide bonds. The Morgan fingerprint density at radius 1 is 1.11 bits per heavy atom. The van der Waals surface area contributed by atoms with E-state index in [9.17, 15) is 34.2 Å². The Bertz CT molecular complexity index is 1300. The summed E-state index contributed by atoms with van der Waals surface area (Å²) in [6, 6.07) is 1.71. The van der Waals surface area contributed by atoms with Crippen molar-refractivity contribution in [2.75, 3.05) is 27.2 Å². The summed E-state index contributed by atoms with van der Waals surface area (Å²) in [5.41, 5.74) is 9.50. The third-order valence-corrected chi connectivity index (χ3v) is 8.59. The third kappa shape index (κ3) is 3.57. The van der Waals surface area contributed by atoms with Gasteiger partial charge in [-0.2, -0.15) is 0 Å². The Hall–Kier alpha value is -3.64. The van der Waals surface area contributed by atoms with E-state index in [1.807, 2.05) is 4.90 Å². The number of aliphatic imine (C=N–C) groups is 1. The van der Waals surface area contributed by atoms with Crippen LogP contribution in [0.2, 0.25) is 0 Å². The van der Waals surface area contributed by atoms with Gasteiger partial charge in [-0.1, -0.05) is 0 Å². The van der Waals surface area contributed by atoms with Crippen LogP contribution < -0.4 is 11.5 Å². The maximum atomic E-state index is 13.8. The largest absolute Gasteiger partial charge is 0.507 e. The van der Waals surface area contributed by atoms with Crippen molar-refractivity contribution >= 4 is 40.7 Å². The number of benzene rings is 1. The topological polar surface area (TPSA) is 197 Å². The van der Waals surface area contributed by atoms with Gasteiger partial charge in [0.1, 0.15) is 5.75 Å². The van der Waals surface area contributed by atoms with Crippen molar-refractivity contribution in [3.8, 4) is 5.75 Å². The van der Waals surface area contributed by atoms with Crippen molar-refractivity contribution in [2.45, 2.75) is 37.3 Å². The van der Waals surface area contributed by atoms with Gasteiger partial charge in [-0.15, -0.1) is 0 Å². The van der Waals surface area contributed by atoms with E-state index in [0.717, 1.165) is 25.9 Å². The third-order valence-electron chi connectivity index (χ3n) is 8.59. The summed E-state index contributed by atoms with van der Waals surface area (Å²) in [6.45, 7) is 1.52. The molecule has 0 bridgehead atoms. The van der Waals surface area contributed by atoms with Crippen LogP contribution in [0.15, 0.2) is 17.1 Å². The number of aliphatic hydroxyl groups is 1. The molecule has 12 nitrogen and oxygen atoms in total. The maximum Gasteiger partial charge on any atom is 0.235 e. The smallest absolute Gasteiger partial charge is 0.235 e. The van der Waals surface area contributed by atoms with Gasteiger partial charge in [0.05, 0.1) is 23.2 Å². The molecule has 202 valence electrons. The predicted molar refractivity (Wildman–Crippen MR) is 133 cm³/mol. The highest BCUT2D eigenvalue weighted by molar-refractivity contribution is 6.32. The van der Waals surface area contributed by atoms with Crippen molar-refractivity contribution in [1.82, 2.24) is 9.80 Å². The van der Waals surface area contributed by atoms with Gasteiger partial charge in [0.25, 0.3) is 0 Å². The van der Waals surface area contributed by atoms with Gasteiger partial charge in [-0.05, 0) is 63.4 Å². The number of fused-ring (bicyclic) bond motifs is 3. The van der Waals surface area contributed by atoms with Crippen molar-refractivity contribution in [3.63, 3.8) is 0 Å². The molecule has 6 atom stereocenters. The number of phenols is 1. The van der Waals surface area contributed by atoms with E-state index in [4.69, 9.17) is 11.5 Å². The number of likely N-dealkylation sites (N-methyl/N-ethyl adjacent to an activating group) is 1. The number of phenolic OH excluding ortho intramolecular Hbond substituents is 1. The van der Waals surface area contributed by atoms with Gasteiger partial charge in [-0.25, -0.2) is 4.99 Å². The second kappa shape index (κ2) is 8.98. The zero-order valence-electron chi connectivity index (χ0n) is 21.2. The molecule has 3 fully saturated rings. The van der Waals surface area contributed by atoms with Crippen LogP contribution in [-0.2, 0) is 25.6 Å². The molecule has 3 aliphatic carbocycles. The van der Waals surface area contributed by atoms with E-state index in [1.54, 1.807) is 20.2 Å². The number of guanidine groups is 1. The highest BCUT2D eigenvalue weighted by Gasteiger charge is 2.69. The zero-order valence-corrected chi connectivity index (χ0v) is 21.2. The molecule has 1 aromatic rings. The number of amides is 1. The number of Topliss-reactive ketones (excluding diaryl/α,β-unsaturated/α-hetero) is 4. The molecule has 5 rings (SSSR count). The maximum absolute atomic E-state index is 13.8. The van der Waals surface area contributed by atoms with Crippen LogP contribution in [0.4, 0.5) is 5.69 Å². The quantitative estimate of drug-likeness (QED) is 0.214. The first-order chi connectivity index (χ1) is 17.9. The lowest BCUT2D eigenvalue weighted by molar-refractivity contribution is -0.181. The minimum absolute atomic E-state index is 0.0235. The number of carbonyl (C=O) groups is 5. The molecule has 4 aliphatic rings. The fraction of sp³-hybridized carbons (Fsp3) is 0.538.